The summed E-state index contributed by atoms with van der Waals surface area (Å²) in [6.45, 7) is 0.493. The summed E-state index contributed by atoms with van der Waals surface area (Å²) in [6.07, 6.45) is 2.80. The minimum atomic E-state index is -3.72. The van der Waals surface area contributed by atoms with Crippen LogP contribution < -0.4 is 4.72 Å². The molecular formula is C17H14N4O2S. The van der Waals surface area contributed by atoms with Crippen LogP contribution in [0.3, 0.4) is 0 Å². The molecule has 0 aliphatic heterocycles. The van der Waals surface area contributed by atoms with Gasteiger partial charge in [0.25, 0.3) is 10.0 Å². The average molecular weight is 338 g/mol. The minimum absolute atomic E-state index is 0.0859. The molecule has 0 bridgehead atoms. The van der Waals surface area contributed by atoms with E-state index in [4.69, 9.17) is 5.26 Å². The molecule has 3 rings (SSSR count). The number of hydrogen-bond acceptors (Lipinski definition) is 4. The topological polar surface area (TPSA) is 87.8 Å². The number of benzene rings is 2. The van der Waals surface area contributed by atoms with E-state index in [-0.39, 0.29) is 4.90 Å². The van der Waals surface area contributed by atoms with E-state index in [1.165, 1.54) is 12.4 Å². The lowest BCUT2D eigenvalue weighted by Crippen LogP contribution is -2.12. The zero-order chi connectivity index (χ0) is 17.0. The number of nitriles is 1. The normalized spacial score (nSPS) is 11.0. The monoisotopic (exact) mass is 338 g/mol. The number of aromatic nitrogens is 2. The Bertz CT molecular complexity index is 971. The van der Waals surface area contributed by atoms with Gasteiger partial charge < -0.3 is 0 Å². The van der Waals surface area contributed by atoms with Gasteiger partial charge in [-0.25, -0.2) is 8.42 Å². The van der Waals surface area contributed by atoms with Crippen LogP contribution in [0.25, 0.3) is 0 Å². The predicted octanol–water partition coefficient (Wildman–Crippen LogP) is 2.60. The standard InChI is InChI=1S/C17H14N4O2S/c18-10-14-6-8-16(9-7-14)20-24(22,23)17-11-19-21(13-17)12-15-4-2-1-3-5-15/h1-9,11,13,20H,12H2. The fourth-order valence-corrected chi connectivity index (χ4v) is 3.18. The molecule has 120 valence electrons. The van der Waals surface area contributed by atoms with Crippen LogP contribution in [0.1, 0.15) is 11.1 Å². The Morgan fingerprint density at radius 2 is 1.79 bits per heavy atom. The number of rotatable bonds is 5. The Hall–Kier alpha value is -3.11. The van der Waals surface area contributed by atoms with E-state index >= 15 is 0 Å². The molecule has 3 aromatic rings. The van der Waals surface area contributed by atoms with Crippen molar-refractivity contribution in [3.8, 4) is 6.07 Å². The molecule has 7 heteroatoms. The highest BCUT2D eigenvalue weighted by atomic mass is 32.2. The van der Waals surface area contributed by atoms with E-state index in [2.05, 4.69) is 9.82 Å². The molecule has 0 saturated heterocycles. The van der Waals surface area contributed by atoms with Crippen molar-refractivity contribution in [1.29, 1.82) is 5.26 Å². The molecule has 0 aliphatic rings. The van der Waals surface area contributed by atoms with Crippen LogP contribution >= 0.6 is 0 Å². The lowest BCUT2D eigenvalue weighted by Gasteiger charge is -2.06. The van der Waals surface area contributed by atoms with Crippen LogP contribution in [0.5, 0.6) is 0 Å². The first-order valence-corrected chi connectivity index (χ1v) is 8.64. The van der Waals surface area contributed by atoms with Gasteiger partial charge in [0.1, 0.15) is 4.90 Å². The Labute approximate surface area is 140 Å². The molecule has 0 aliphatic carbocycles. The fraction of sp³-hybridized carbons (Fsp3) is 0.0588. The number of nitrogens with zero attached hydrogens (tertiary/aromatic N) is 3. The van der Waals surface area contributed by atoms with Crippen molar-refractivity contribution in [3.05, 3.63) is 78.1 Å². The van der Waals surface area contributed by atoms with Crippen molar-refractivity contribution < 1.29 is 8.42 Å². The Morgan fingerprint density at radius 1 is 1.08 bits per heavy atom. The van der Waals surface area contributed by atoms with Gasteiger partial charge >= 0.3 is 0 Å². The minimum Gasteiger partial charge on any atom is -0.280 e. The molecule has 0 radical (unpaired) electrons. The molecule has 1 aromatic heterocycles. The van der Waals surface area contributed by atoms with Crippen molar-refractivity contribution >= 4 is 15.7 Å². The van der Waals surface area contributed by atoms with Gasteiger partial charge in [0.2, 0.25) is 0 Å². The maximum absolute atomic E-state index is 12.4. The van der Waals surface area contributed by atoms with Crippen molar-refractivity contribution in [1.82, 2.24) is 9.78 Å². The van der Waals surface area contributed by atoms with Gasteiger partial charge in [-0.1, -0.05) is 30.3 Å². The van der Waals surface area contributed by atoms with Gasteiger partial charge in [-0.2, -0.15) is 10.4 Å². The molecule has 24 heavy (non-hydrogen) atoms. The van der Waals surface area contributed by atoms with Gasteiger partial charge in [0, 0.05) is 11.9 Å². The summed E-state index contributed by atoms with van der Waals surface area (Å²) in [5.41, 5.74) is 1.89. The Kier molecular flexibility index (Phi) is 4.31. The zero-order valence-corrected chi connectivity index (χ0v) is 13.4. The van der Waals surface area contributed by atoms with Crippen molar-refractivity contribution in [2.45, 2.75) is 11.4 Å². The number of anilines is 1. The molecule has 0 saturated carbocycles. The molecule has 2 aromatic carbocycles. The van der Waals surface area contributed by atoms with Gasteiger partial charge in [0.15, 0.2) is 0 Å². The maximum Gasteiger partial charge on any atom is 0.265 e. The van der Waals surface area contributed by atoms with Gasteiger partial charge in [-0.3, -0.25) is 9.40 Å². The van der Waals surface area contributed by atoms with Gasteiger partial charge in [0.05, 0.1) is 24.4 Å². The Balaban J connectivity index is 1.76. The highest BCUT2D eigenvalue weighted by Gasteiger charge is 2.16. The summed E-state index contributed by atoms with van der Waals surface area (Å²) < 4.78 is 28.8. The van der Waals surface area contributed by atoms with Crippen LogP contribution in [0.4, 0.5) is 5.69 Å². The lowest BCUT2D eigenvalue weighted by atomic mass is 10.2. The molecule has 0 atom stereocenters. The third kappa shape index (κ3) is 3.62. The summed E-state index contributed by atoms with van der Waals surface area (Å²) >= 11 is 0. The predicted molar refractivity (Wildman–Crippen MR) is 89.7 cm³/mol. The first-order chi connectivity index (χ1) is 11.6. The van der Waals surface area contributed by atoms with E-state index in [0.29, 0.717) is 17.8 Å². The smallest absolute Gasteiger partial charge is 0.265 e. The third-order valence-corrected chi connectivity index (χ3v) is 4.71. The quantitative estimate of drug-likeness (QED) is 0.774. The number of sulfonamides is 1. The zero-order valence-electron chi connectivity index (χ0n) is 12.6. The first kappa shape index (κ1) is 15.8. The molecule has 0 spiro atoms. The summed E-state index contributed by atoms with van der Waals surface area (Å²) in [6, 6.07) is 17.8. The highest BCUT2D eigenvalue weighted by molar-refractivity contribution is 7.92. The maximum atomic E-state index is 12.4. The van der Waals surface area contributed by atoms with Crippen molar-refractivity contribution in [3.63, 3.8) is 0 Å². The largest absolute Gasteiger partial charge is 0.280 e. The summed E-state index contributed by atoms with van der Waals surface area (Å²) in [5.74, 6) is 0. The van der Waals surface area contributed by atoms with Crippen LogP contribution in [0.15, 0.2) is 71.9 Å². The van der Waals surface area contributed by atoms with Gasteiger partial charge in [-0.15, -0.1) is 0 Å². The molecule has 0 unspecified atom stereocenters. The summed E-state index contributed by atoms with van der Waals surface area (Å²) in [5, 5.41) is 12.9. The van der Waals surface area contributed by atoms with Crippen molar-refractivity contribution in [2.75, 3.05) is 4.72 Å². The second-order valence-corrected chi connectivity index (χ2v) is 6.84. The van der Waals surface area contributed by atoms with Crippen LogP contribution in [0.2, 0.25) is 0 Å². The number of nitrogens with one attached hydrogen (secondary N) is 1. The lowest BCUT2D eigenvalue weighted by molar-refractivity contribution is 0.600. The molecular weight excluding hydrogens is 324 g/mol. The number of hydrogen-bond donors (Lipinski definition) is 1. The SMILES string of the molecule is N#Cc1ccc(NS(=O)(=O)c2cnn(Cc3ccccc3)c2)cc1. The highest BCUT2D eigenvalue weighted by Crippen LogP contribution is 2.16. The summed E-state index contributed by atoms with van der Waals surface area (Å²) in [4.78, 5) is 0.0859. The van der Waals surface area contributed by atoms with E-state index in [0.717, 1.165) is 5.56 Å². The van der Waals surface area contributed by atoms with Gasteiger partial charge in [-0.05, 0) is 29.8 Å². The molecule has 0 amide bonds. The van der Waals surface area contributed by atoms with E-state index < -0.39 is 10.0 Å². The van der Waals surface area contributed by atoms with E-state index in [1.54, 1.807) is 28.9 Å². The molecule has 0 fully saturated rings. The third-order valence-electron chi connectivity index (χ3n) is 3.37. The second-order valence-electron chi connectivity index (χ2n) is 5.15. The van der Waals surface area contributed by atoms with E-state index in [9.17, 15) is 8.42 Å². The van der Waals surface area contributed by atoms with Crippen molar-refractivity contribution in [2.24, 2.45) is 0 Å². The summed E-state index contributed by atoms with van der Waals surface area (Å²) in [7, 11) is -3.72. The molecule has 6 nitrogen and oxygen atoms in total. The fourth-order valence-electron chi connectivity index (χ4n) is 2.17. The Morgan fingerprint density at radius 3 is 2.46 bits per heavy atom. The molecule has 1 N–H and O–H groups in total. The van der Waals surface area contributed by atoms with Crippen LogP contribution in [-0.4, -0.2) is 18.2 Å². The average Bonchev–Trinajstić information content (AvgIpc) is 3.06. The van der Waals surface area contributed by atoms with Crippen LogP contribution in [0, 0.1) is 11.3 Å². The second kappa shape index (κ2) is 6.56. The molecule has 1 heterocycles. The van der Waals surface area contributed by atoms with Crippen LogP contribution in [-0.2, 0) is 16.6 Å². The van der Waals surface area contributed by atoms with E-state index in [1.807, 2.05) is 36.4 Å². The first-order valence-electron chi connectivity index (χ1n) is 7.16.